The van der Waals surface area contributed by atoms with Crippen LogP contribution >= 0.6 is 11.6 Å². The van der Waals surface area contributed by atoms with Crippen molar-refractivity contribution >= 4 is 23.0 Å². The number of nitrogens with two attached hydrogens (primary N) is 1. The lowest BCUT2D eigenvalue weighted by atomic mass is 9.94. The van der Waals surface area contributed by atoms with Crippen LogP contribution in [0.15, 0.2) is 12.1 Å². The SMILES string of the molecule is CCC1CCN(c2cc(Cl)c(N)cc2C)CC1. The fourth-order valence-electron chi connectivity index (χ4n) is 2.62. The Morgan fingerprint density at radius 1 is 1.35 bits per heavy atom. The molecule has 1 fully saturated rings. The molecule has 2 N–H and O–H groups in total. The normalized spacial score (nSPS) is 17.5. The second-order valence-electron chi connectivity index (χ2n) is 5.00. The number of benzene rings is 1. The Morgan fingerprint density at radius 2 is 2.00 bits per heavy atom. The van der Waals surface area contributed by atoms with Crippen molar-refractivity contribution in [2.75, 3.05) is 23.7 Å². The van der Waals surface area contributed by atoms with Crippen molar-refractivity contribution in [3.63, 3.8) is 0 Å². The average Bonchev–Trinajstić information content (AvgIpc) is 2.34. The number of rotatable bonds is 2. The van der Waals surface area contributed by atoms with Crippen molar-refractivity contribution in [3.05, 3.63) is 22.7 Å². The predicted molar refractivity (Wildman–Crippen MR) is 75.8 cm³/mol. The Labute approximate surface area is 109 Å². The number of nitrogen functional groups attached to an aromatic ring is 1. The maximum Gasteiger partial charge on any atom is 0.0656 e. The van der Waals surface area contributed by atoms with Gasteiger partial charge in [-0.1, -0.05) is 24.9 Å². The molecule has 0 amide bonds. The summed E-state index contributed by atoms with van der Waals surface area (Å²) in [4.78, 5) is 2.44. The van der Waals surface area contributed by atoms with Gasteiger partial charge in [-0.15, -0.1) is 0 Å². The van der Waals surface area contributed by atoms with E-state index in [1.54, 1.807) is 0 Å². The van der Waals surface area contributed by atoms with E-state index in [0.29, 0.717) is 10.7 Å². The molecule has 1 aromatic carbocycles. The Hall–Kier alpha value is -0.890. The number of piperidine rings is 1. The van der Waals surface area contributed by atoms with Crippen LogP contribution in [0.3, 0.4) is 0 Å². The zero-order valence-corrected chi connectivity index (χ0v) is 11.4. The molecule has 0 radical (unpaired) electrons. The lowest BCUT2D eigenvalue weighted by molar-refractivity contribution is 0.395. The molecule has 0 aromatic heterocycles. The minimum absolute atomic E-state index is 0.670. The Balaban J connectivity index is 2.16. The zero-order valence-electron chi connectivity index (χ0n) is 10.7. The summed E-state index contributed by atoms with van der Waals surface area (Å²) in [5, 5.41) is 0.670. The molecule has 0 spiro atoms. The van der Waals surface area contributed by atoms with Gasteiger partial charge in [0.25, 0.3) is 0 Å². The second kappa shape index (κ2) is 5.18. The molecule has 3 heteroatoms. The summed E-state index contributed by atoms with van der Waals surface area (Å²) in [6.07, 6.45) is 3.88. The molecule has 0 bridgehead atoms. The molecule has 1 aliphatic heterocycles. The van der Waals surface area contributed by atoms with E-state index in [-0.39, 0.29) is 0 Å². The van der Waals surface area contributed by atoms with Crippen LogP contribution in [0.25, 0.3) is 0 Å². The summed E-state index contributed by atoms with van der Waals surface area (Å²) >= 11 is 6.11. The van der Waals surface area contributed by atoms with E-state index < -0.39 is 0 Å². The lowest BCUT2D eigenvalue weighted by Gasteiger charge is -2.34. The van der Waals surface area contributed by atoms with Gasteiger partial charge < -0.3 is 10.6 Å². The van der Waals surface area contributed by atoms with Gasteiger partial charge >= 0.3 is 0 Å². The standard InChI is InChI=1S/C14H21ClN2/c1-3-11-4-6-17(7-5-11)14-9-12(15)13(16)8-10(14)2/h8-9,11H,3-7,16H2,1-2H3. The van der Waals surface area contributed by atoms with Crippen LogP contribution in [0.2, 0.25) is 5.02 Å². The summed E-state index contributed by atoms with van der Waals surface area (Å²) in [6.45, 7) is 6.67. The van der Waals surface area contributed by atoms with Crippen molar-refractivity contribution in [1.29, 1.82) is 0 Å². The summed E-state index contributed by atoms with van der Waals surface area (Å²) in [7, 11) is 0. The van der Waals surface area contributed by atoms with Crippen LogP contribution in [0.5, 0.6) is 0 Å². The second-order valence-corrected chi connectivity index (χ2v) is 5.41. The molecule has 1 aromatic rings. The third-order valence-corrected chi connectivity index (χ3v) is 4.18. The van der Waals surface area contributed by atoms with Gasteiger partial charge in [0.2, 0.25) is 0 Å². The first kappa shape index (κ1) is 12.6. The van der Waals surface area contributed by atoms with Crippen LogP contribution in [-0.2, 0) is 0 Å². The summed E-state index contributed by atoms with van der Waals surface area (Å²) in [5.74, 6) is 0.899. The quantitative estimate of drug-likeness (QED) is 0.810. The minimum Gasteiger partial charge on any atom is -0.398 e. The fourth-order valence-corrected chi connectivity index (χ4v) is 2.77. The molecular weight excluding hydrogens is 232 g/mol. The molecule has 2 nitrogen and oxygen atoms in total. The molecule has 2 rings (SSSR count). The molecule has 1 aliphatic rings. The molecule has 94 valence electrons. The fraction of sp³-hybridized carbons (Fsp3) is 0.571. The van der Waals surface area contributed by atoms with E-state index in [4.69, 9.17) is 17.3 Å². The number of nitrogens with zero attached hydrogens (tertiary/aromatic N) is 1. The lowest BCUT2D eigenvalue weighted by Crippen LogP contribution is -2.33. The highest BCUT2D eigenvalue weighted by atomic mass is 35.5. The van der Waals surface area contributed by atoms with E-state index in [1.165, 1.54) is 30.5 Å². The maximum atomic E-state index is 6.11. The van der Waals surface area contributed by atoms with Crippen molar-refractivity contribution in [2.24, 2.45) is 5.92 Å². The van der Waals surface area contributed by atoms with Crippen molar-refractivity contribution < 1.29 is 0 Å². The highest BCUT2D eigenvalue weighted by molar-refractivity contribution is 6.33. The van der Waals surface area contributed by atoms with Crippen molar-refractivity contribution in [2.45, 2.75) is 33.1 Å². The molecule has 1 saturated heterocycles. The van der Waals surface area contributed by atoms with Crippen LogP contribution < -0.4 is 10.6 Å². The summed E-state index contributed by atoms with van der Waals surface area (Å²) in [5.41, 5.74) is 8.96. The molecule has 0 unspecified atom stereocenters. The maximum absolute atomic E-state index is 6.11. The van der Waals surface area contributed by atoms with Crippen LogP contribution in [0, 0.1) is 12.8 Å². The van der Waals surface area contributed by atoms with E-state index in [0.717, 1.165) is 19.0 Å². The molecule has 1 heterocycles. The largest absolute Gasteiger partial charge is 0.398 e. The number of aryl methyl sites for hydroxylation is 1. The van der Waals surface area contributed by atoms with E-state index in [2.05, 4.69) is 18.7 Å². The molecule has 17 heavy (non-hydrogen) atoms. The summed E-state index contributed by atoms with van der Waals surface area (Å²) in [6, 6.07) is 3.99. The van der Waals surface area contributed by atoms with Crippen LogP contribution in [-0.4, -0.2) is 13.1 Å². The first-order valence-electron chi connectivity index (χ1n) is 6.42. The molecule has 0 saturated carbocycles. The van der Waals surface area contributed by atoms with E-state index in [9.17, 15) is 0 Å². The van der Waals surface area contributed by atoms with Gasteiger partial charge in [-0.2, -0.15) is 0 Å². The van der Waals surface area contributed by atoms with E-state index in [1.807, 2.05) is 12.1 Å². The van der Waals surface area contributed by atoms with Gasteiger partial charge in [-0.3, -0.25) is 0 Å². The first-order chi connectivity index (χ1) is 8.11. The van der Waals surface area contributed by atoms with Gasteiger partial charge in [0.05, 0.1) is 10.7 Å². The van der Waals surface area contributed by atoms with Gasteiger partial charge in [0, 0.05) is 18.8 Å². The minimum atomic E-state index is 0.670. The first-order valence-corrected chi connectivity index (χ1v) is 6.80. The third kappa shape index (κ3) is 2.68. The number of anilines is 2. The highest BCUT2D eigenvalue weighted by Crippen LogP contribution is 2.32. The number of hydrogen-bond donors (Lipinski definition) is 1. The summed E-state index contributed by atoms with van der Waals surface area (Å²) < 4.78 is 0. The zero-order chi connectivity index (χ0) is 12.4. The predicted octanol–water partition coefficient (Wildman–Crippen LogP) is 3.86. The smallest absolute Gasteiger partial charge is 0.0656 e. The monoisotopic (exact) mass is 252 g/mol. The van der Waals surface area contributed by atoms with Crippen LogP contribution in [0.1, 0.15) is 31.7 Å². The third-order valence-electron chi connectivity index (χ3n) is 3.85. The molecule has 0 atom stereocenters. The van der Waals surface area contributed by atoms with Gasteiger partial charge in [-0.25, -0.2) is 0 Å². The Bertz CT molecular complexity index is 395. The highest BCUT2D eigenvalue weighted by Gasteiger charge is 2.19. The topological polar surface area (TPSA) is 29.3 Å². The Kier molecular flexibility index (Phi) is 3.82. The van der Waals surface area contributed by atoms with Crippen molar-refractivity contribution in [1.82, 2.24) is 0 Å². The van der Waals surface area contributed by atoms with Crippen molar-refractivity contribution in [3.8, 4) is 0 Å². The van der Waals surface area contributed by atoms with Gasteiger partial charge in [0.1, 0.15) is 0 Å². The Morgan fingerprint density at radius 3 is 2.59 bits per heavy atom. The van der Waals surface area contributed by atoms with Gasteiger partial charge in [0.15, 0.2) is 0 Å². The van der Waals surface area contributed by atoms with Gasteiger partial charge in [-0.05, 0) is 43.4 Å². The number of hydrogen-bond acceptors (Lipinski definition) is 2. The molecular formula is C14H21ClN2. The average molecular weight is 253 g/mol. The molecule has 0 aliphatic carbocycles. The van der Waals surface area contributed by atoms with E-state index >= 15 is 0 Å². The number of halogens is 1. The van der Waals surface area contributed by atoms with Crippen LogP contribution in [0.4, 0.5) is 11.4 Å².